The minimum Gasteiger partial charge on any atom is -0.494 e. The number of amides is 1. The summed E-state index contributed by atoms with van der Waals surface area (Å²) in [5, 5.41) is 4.08. The summed E-state index contributed by atoms with van der Waals surface area (Å²) in [6, 6.07) is 7.66. The summed E-state index contributed by atoms with van der Waals surface area (Å²) in [5.74, 6) is 0.677. The highest BCUT2D eigenvalue weighted by molar-refractivity contribution is 7.18. The molecule has 28 heavy (non-hydrogen) atoms. The molecule has 8 heteroatoms. The number of rotatable bonds is 5. The quantitative estimate of drug-likeness (QED) is 0.653. The normalized spacial score (nSPS) is 13.3. The number of ether oxygens (including phenoxy) is 1. The van der Waals surface area contributed by atoms with Gasteiger partial charge < -0.3 is 4.74 Å². The first-order valence-corrected chi connectivity index (χ1v) is 10.7. The van der Waals surface area contributed by atoms with Gasteiger partial charge in [-0.3, -0.25) is 14.9 Å². The highest BCUT2D eigenvalue weighted by Gasteiger charge is 2.24. The van der Waals surface area contributed by atoms with E-state index < -0.39 is 0 Å². The number of anilines is 1. The van der Waals surface area contributed by atoms with Crippen LogP contribution >= 0.6 is 22.7 Å². The average Bonchev–Trinajstić information content (AvgIpc) is 3.27. The Hall–Kier alpha value is -2.58. The molecule has 1 amide bonds. The van der Waals surface area contributed by atoms with Gasteiger partial charge in [-0.05, 0) is 51.0 Å². The molecule has 3 aromatic rings. The molecule has 0 aliphatic heterocycles. The van der Waals surface area contributed by atoms with Crippen molar-refractivity contribution in [2.24, 2.45) is 0 Å². The molecule has 1 aliphatic rings. The number of hydrogen-bond donors (Lipinski definition) is 1. The number of benzene rings is 1. The molecule has 0 fully saturated rings. The van der Waals surface area contributed by atoms with Crippen LogP contribution in [-0.4, -0.2) is 28.3 Å². The lowest BCUT2D eigenvalue weighted by Gasteiger charge is -2.05. The summed E-state index contributed by atoms with van der Waals surface area (Å²) >= 11 is 2.60. The van der Waals surface area contributed by atoms with E-state index in [1.54, 1.807) is 0 Å². The van der Waals surface area contributed by atoms with E-state index in [1.807, 2.05) is 38.1 Å². The Kier molecular flexibility index (Phi) is 5.23. The van der Waals surface area contributed by atoms with Gasteiger partial charge in [0, 0.05) is 12.0 Å². The number of hydrogen-bond acceptors (Lipinski definition) is 7. The number of aryl methyl sites for hydroxylation is 2. The van der Waals surface area contributed by atoms with Crippen LogP contribution in [0.15, 0.2) is 24.3 Å². The van der Waals surface area contributed by atoms with Gasteiger partial charge in [0.25, 0.3) is 5.91 Å². The molecule has 0 saturated heterocycles. The first-order chi connectivity index (χ1) is 13.5. The molecule has 1 N–H and O–H groups in total. The summed E-state index contributed by atoms with van der Waals surface area (Å²) in [6.07, 6.45) is 2.17. The van der Waals surface area contributed by atoms with Crippen LogP contribution in [0.2, 0.25) is 0 Å². The maximum Gasteiger partial charge on any atom is 0.269 e. The average molecular weight is 414 g/mol. The van der Waals surface area contributed by atoms with E-state index in [9.17, 15) is 9.59 Å². The van der Waals surface area contributed by atoms with Gasteiger partial charge in [-0.2, -0.15) is 0 Å². The molecular weight excluding hydrogens is 394 g/mol. The largest absolute Gasteiger partial charge is 0.494 e. The lowest BCUT2D eigenvalue weighted by atomic mass is 10.0. The predicted molar refractivity (Wildman–Crippen MR) is 111 cm³/mol. The van der Waals surface area contributed by atoms with E-state index in [0.717, 1.165) is 34.9 Å². The second kappa shape index (κ2) is 7.81. The minimum atomic E-state index is -0.245. The van der Waals surface area contributed by atoms with E-state index in [2.05, 4.69) is 15.3 Å². The zero-order valence-corrected chi connectivity index (χ0v) is 17.2. The van der Waals surface area contributed by atoms with Gasteiger partial charge in [0.2, 0.25) is 0 Å². The fourth-order valence-electron chi connectivity index (χ4n) is 3.07. The highest BCUT2D eigenvalue weighted by atomic mass is 32.1. The van der Waals surface area contributed by atoms with Crippen molar-refractivity contribution in [3.63, 3.8) is 0 Å². The smallest absolute Gasteiger partial charge is 0.269 e. The minimum absolute atomic E-state index is 0.117. The third kappa shape index (κ3) is 3.70. The first kappa shape index (κ1) is 18.8. The Balaban J connectivity index is 1.53. The molecular formula is C20H19N3O3S2. The van der Waals surface area contributed by atoms with Gasteiger partial charge in [-0.25, -0.2) is 9.97 Å². The summed E-state index contributed by atoms with van der Waals surface area (Å²) in [5.41, 5.74) is 2.40. The number of nitrogens with zero attached hydrogens (tertiary/aromatic N) is 2. The van der Waals surface area contributed by atoms with Crippen LogP contribution in [-0.2, 0) is 6.42 Å². The van der Waals surface area contributed by atoms with Gasteiger partial charge in [0.05, 0.1) is 22.9 Å². The first-order valence-electron chi connectivity index (χ1n) is 9.10. The molecule has 6 nitrogen and oxygen atoms in total. The zero-order chi connectivity index (χ0) is 19.7. The second-order valence-electron chi connectivity index (χ2n) is 6.42. The Morgan fingerprint density at radius 2 is 1.96 bits per heavy atom. The fourth-order valence-corrected chi connectivity index (χ4v) is 5.01. The van der Waals surface area contributed by atoms with Crippen LogP contribution < -0.4 is 10.1 Å². The maximum atomic E-state index is 12.7. The Labute approximate surface area is 170 Å². The van der Waals surface area contributed by atoms with Crippen LogP contribution in [0.5, 0.6) is 5.75 Å². The summed E-state index contributed by atoms with van der Waals surface area (Å²) in [6.45, 7) is 4.38. The number of carbonyl (C=O) groups excluding carboxylic acids is 2. The second-order valence-corrected chi connectivity index (χ2v) is 8.41. The molecule has 0 unspecified atom stereocenters. The number of Topliss-reactive ketones (excluding diaryl/α,β-unsaturated/α-hetero) is 1. The molecule has 0 saturated carbocycles. The van der Waals surface area contributed by atoms with Gasteiger partial charge in [-0.1, -0.05) is 11.3 Å². The monoisotopic (exact) mass is 413 g/mol. The number of nitrogens with one attached hydrogen (secondary N) is 1. The van der Waals surface area contributed by atoms with Crippen LogP contribution in [0.25, 0.3) is 10.6 Å². The predicted octanol–water partition coefficient (Wildman–Crippen LogP) is 4.75. The van der Waals surface area contributed by atoms with E-state index in [-0.39, 0.29) is 11.7 Å². The third-order valence-corrected chi connectivity index (χ3v) is 6.66. The Bertz CT molecular complexity index is 1040. The molecule has 0 radical (unpaired) electrons. The third-order valence-electron chi connectivity index (χ3n) is 4.40. The van der Waals surface area contributed by atoms with Crippen LogP contribution in [0.1, 0.15) is 50.5 Å². The van der Waals surface area contributed by atoms with Crippen molar-refractivity contribution >= 4 is 39.5 Å². The number of thiazole rings is 2. The van der Waals surface area contributed by atoms with Crippen molar-refractivity contribution in [3.8, 4) is 16.3 Å². The van der Waals surface area contributed by atoms with E-state index in [0.29, 0.717) is 33.6 Å². The van der Waals surface area contributed by atoms with Crippen LogP contribution in [0.4, 0.5) is 5.13 Å². The lowest BCUT2D eigenvalue weighted by molar-refractivity contribution is 0.0975. The molecule has 1 aromatic carbocycles. The van der Waals surface area contributed by atoms with E-state index >= 15 is 0 Å². The van der Waals surface area contributed by atoms with Crippen LogP contribution in [0.3, 0.4) is 0 Å². The van der Waals surface area contributed by atoms with Crippen molar-refractivity contribution < 1.29 is 14.3 Å². The number of aromatic nitrogens is 2. The van der Waals surface area contributed by atoms with Gasteiger partial charge in [-0.15, -0.1) is 11.3 Å². The lowest BCUT2D eigenvalue weighted by Crippen LogP contribution is -2.11. The summed E-state index contributed by atoms with van der Waals surface area (Å²) < 4.78 is 5.46. The molecule has 0 bridgehead atoms. The van der Waals surface area contributed by atoms with Gasteiger partial charge >= 0.3 is 0 Å². The van der Waals surface area contributed by atoms with Crippen molar-refractivity contribution in [1.29, 1.82) is 0 Å². The van der Waals surface area contributed by atoms with Gasteiger partial charge in [0.1, 0.15) is 15.6 Å². The van der Waals surface area contributed by atoms with E-state index in [1.165, 1.54) is 22.7 Å². The fraction of sp³-hybridized carbons (Fsp3) is 0.300. The van der Waals surface area contributed by atoms with Crippen molar-refractivity contribution in [2.45, 2.75) is 33.1 Å². The number of fused-ring (bicyclic) bond motifs is 1. The standard InChI is InChI=1S/C20H19N3O3S2/c1-3-26-13-9-7-12(8-10-13)19-21-11(2)16(27-19)18(25)23-20-22-14-5-4-6-15(24)17(14)28-20/h7-10H,3-6H2,1-2H3,(H,22,23,25). The molecule has 4 rings (SSSR count). The van der Waals surface area contributed by atoms with Gasteiger partial charge in [0.15, 0.2) is 10.9 Å². The molecule has 0 atom stereocenters. The van der Waals surface area contributed by atoms with Crippen LogP contribution in [0, 0.1) is 6.92 Å². The Morgan fingerprint density at radius 3 is 2.68 bits per heavy atom. The zero-order valence-electron chi connectivity index (χ0n) is 15.6. The number of carbonyl (C=O) groups is 2. The molecule has 1 aliphatic carbocycles. The van der Waals surface area contributed by atoms with E-state index in [4.69, 9.17) is 4.74 Å². The summed E-state index contributed by atoms with van der Waals surface area (Å²) in [4.78, 5) is 34.9. The Morgan fingerprint density at radius 1 is 1.18 bits per heavy atom. The summed E-state index contributed by atoms with van der Waals surface area (Å²) in [7, 11) is 0. The molecule has 0 spiro atoms. The molecule has 2 aromatic heterocycles. The molecule has 2 heterocycles. The number of ketones is 1. The maximum absolute atomic E-state index is 12.7. The topological polar surface area (TPSA) is 81.2 Å². The van der Waals surface area contributed by atoms with Crippen molar-refractivity contribution in [1.82, 2.24) is 9.97 Å². The van der Waals surface area contributed by atoms with Crippen molar-refractivity contribution in [3.05, 3.63) is 45.4 Å². The SMILES string of the molecule is CCOc1ccc(-c2nc(C)c(C(=O)Nc3nc4c(s3)C(=O)CCC4)s2)cc1. The highest BCUT2D eigenvalue weighted by Crippen LogP contribution is 2.32. The molecule has 144 valence electrons. The van der Waals surface area contributed by atoms with Crippen molar-refractivity contribution in [2.75, 3.05) is 11.9 Å².